The third-order valence-corrected chi connectivity index (χ3v) is 3.55. The van der Waals surface area contributed by atoms with Gasteiger partial charge in [0.2, 0.25) is 0 Å². The van der Waals surface area contributed by atoms with Crippen LogP contribution in [-0.2, 0) is 0 Å². The molecule has 0 spiro atoms. The standard InChI is InChI=1S/C13H18ClN3/c1-3-8-13(2)9-16-12(15)17(13)11-7-5-4-6-10(11)14/h4-7H,3,8-9H2,1-2H3,(H2,15,16). The van der Waals surface area contributed by atoms with E-state index >= 15 is 0 Å². The molecule has 92 valence electrons. The van der Waals surface area contributed by atoms with E-state index in [1.165, 1.54) is 0 Å². The van der Waals surface area contributed by atoms with E-state index in [0.717, 1.165) is 30.1 Å². The summed E-state index contributed by atoms with van der Waals surface area (Å²) in [6, 6.07) is 7.77. The number of para-hydroxylation sites is 1. The summed E-state index contributed by atoms with van der Waals surface area (Å²) in [5.74, 6) is 0.564. The fraction of sp³-hybridized carbons (Fsp3) is 0.462. The number of nitrogens with two attached hydrogens (primary N) is 1. The molecule has 0 radical (unpaired) electrons. The van der Waals surface area contributed by atoms with Crippen molar-refractivity contribution in [2.75, 3.05) is 11.4 Å². The average Bonchev–Trinajstić information content (AvgIpc) is 2.57. The Morgan fingerprint density at radius 3 is 2.82 bits per heavy atom. The van der Waals surface area contributed by atoms with Gasteiger partial charge in [0.05, 0.1) is 22.8 Å². The molecule has 4 heteroatoms. The topological polar surface area (TPSA) is 41.6 Å². The zero-order valence-corrected chi connectivity index (χ0v) is 11.0. The molecule has 0 amide bonds. The molecule has 0 saturated heterocycles. The second kappa shape index (κ2) is 4.57. The van der Waals surface area contributed by atoms with Gasteiger partial charge >= 0.3 is 0 Å². The van der Waals surface area contributed by atoms with E-state index in [1.807, 2.05) is 24.3 Å². The number of aliphatic imine (C=N–C) groups is 1. The smallest absolute Gasteiger partial charge is 0.196 e. The largest absolute Gasteiger partial charge is 0.369 e. The van der Waals surface area contributed by atoms with Gasteiger partial charge in [0.1, 0.15) is 0 Å². The lowest BCUT2D eigenvalue weighted by molar-refractivity contribution is 0.457. The number of guanidine groups is 1. The number of rotatable bonds is 3. The highest BCUT2D eigenvalue weighted by Gasteiger charge is 2.38. The number of hydrogen-bond acceptors (Lipinski definition) is 3. The van der Waals surface area contributed by atoms with Crippen LogP contribution >= 0.6 is 11.6 Å². The van der Waals surface area contributed by atoms with Gasteiger partial charge in [0.15, 0.2) is 5.96 Å². The van der Waals surface area contributed by atoms with Crippen LogP contribution in [0.2, 0.25) is 5.02 Å². The van der Waals surface area contributed by atoms with Crippen molar-refractivity contribution in [2.24, 2.45) is 10.7 Å². The van der Waals surface area contributed by atoms with Gasteiger partial charge in [-0.05, 0) is 25.5 Å². The molecule has 2 N–H and O–H groups in total. The molecule has 0 saturated carbocycles. The van der Waals surface area contributed by atoms with Crippen LogP contribution in [0.15, 0.2) is 29.3 Å². The summed E-state index contributed by atoms with van der Waals surface area (Å²) in [4.78, 5) is 6.44. The Balaban J connectivity index is 2.41. The van der Waals surface area contributed by atoms with Crippen molar-refractivity contribution < 1.29 is 0 Å². The quantitative estimate of drug-likeness (QED) is 0.897. The van der Waals surface area contributed by atoms with Crippen LogP contribution < -0.4 is 10.6 Å². The Hall–Kier alpha value is -1.22. The molecular weight excluding hydrogens is 234 g/mol. The van der Waals surface area contributed by atoms with Crippen molar-refractivity contribution in [3.8, 4) is 0 Å². The number of benzene rings is 1. The second-order valence-corrected chi connectivity index (χ2v) is 5.12. The summed E-state index contributed by atoms with van der Waals surface area (Å²) in [6.45, 7) is 5.09. The van der Waals surface area contributed by atoms with Gasteiger partial charge in [0.25, 0.3) is 0 Å². The number of hydrogen-bond donors (Lipinski definition) is 1. The van der Waals surface area contributed by atoms with E-state index in [9.17, 15) is 0 Å². The first kappa shape index (κ1) is 12.2. The first-order chi connectivity index (χ1) is 8.08. The van der Waals surface area contributed by atoms with Gasteiger partial charge in [0, 0.05) is 0 Å². The lowest BCUT2D eigenvalue weighted by atomic mass is 9.94. The second-order valence-electron chi connectivity index (χ2n) is 4.71. The number of anilines is 1. The van der Waals surface area contributed by atoms with Crippen molar-refractivity contribution in [2.45, 2.75) is 32.2 Å². The van der Waals surface area contributed by atoms with Crippen molar-refractivity contribution in [1.82, 2.24) is 0 Å². The highest BCUT2D eigenvalue weighted by Crippen LogP contribution is 2.35. The van der Waals surface area contributed by atoms with E-state index in [2.05, 4.69) is 23.7 Å². The summed E-state index contributed by atoms with van der Waals surface area (Å²) >= 11 is 6.24. The molecule has 17 heavy (non-hydrogen) atoms. The highest BCUT2D eigenvalue weighted by atomic mass is 35.5. The van der Waals surface area contributed by atoms with Gasteiger partial charge in [-0.1, -0.05) is 37.1 Å². The highest BCUT2D eigenvalue weighted by molar-refractivity contribution is 6.34. The zero-order valence-electron chi connectivity index (χ0n) is 10.3. The maximum Gasteiger partial charge on any atom is 0.196 e. The normalized spacial score (nSPS) is 23.9. The van der Waals surface area contributed by atoms with Gasteiger partial charge in [-0.2, -0.15) is 0 Å². The summed E-state index contributed by atoms with van der Waals surface area (Å²) in [5.41, 5.74) is 6.90. The van der Waals surface area contributed by atoms with Crippen LogP contribution in [-0.4, -0.2) is 18.0 Å². The van der Waals surface area contributed by atoms with Gasteiger partial charge in [-0.3, -0.25) is 4.99 Å². The lowest BCUT2D eigenvalue weighted by Crippen LogP contribution is -2.50. The molecular formula is C13H18ClN3. The van der Waals surface area contributed by atoms with Gasteiger partial charge in [-0.25, -0.2) is 0 Å². The minimum Gasteiger partial charge on any atom is -0.369 e. The minimum atomic E-state index is -0.0518. The number of halogens is 1. The van der Waals surface area contributed by atoms with E-state index in [0.29, 0.717) is 5.96 Å². The maximum absolute atomic E-state index is 6.24. The third-order valence-electron chi connectivity index (χ3n) is 3.23. The Labute approximate surface area is 107 Å². The minimum absolute atomic E-state index is 0.0518. The summed E-state index contributed by atoms with van der Waals surface area (Å²) < 4.78 is 0. The van der Waals surface area contributed by atoms with Crippen LogP contribution in [0.25, 0.3) is 0 Å². The molecule has 1 heterocycles. The fourth-order valence-electron chi connectivity index (χ4n) is 2.45. The van der Waals surface area contributed by atoms with E-state index in [4.69, 9.17) is 17.3 Å². The average molecular weight is 252 g/mol. The molecule has 1 unspecified atom stereocenters. The molecule has 2 rings (SSSR count). The molecule has 3 nitrogen and oxygen atoms in total. The summed E-state index contributed by atoms with van der Waals surface area (Å²) in [7, 11) is 0. The number of nitrogens with zero attached hydrogens (tertiary/aromatic N) is 2. The van der Waals surface area contributed by atoms with E-state index in [-0.39, 0.29) is 5.54 Å². The van der Waals surface area contributed by atoms with E-state index in [1.54, 1.807) is 0 Å². The first-order valence-corrected chi connectivity index (χ1v) is 6.31. The van der Waals surface area contributed by atoms with Crippen LogP contribution in [0, 0.1) is 0 Å². The molecule has 1 aromatic rings. The summed E-state index contributed by atoms with van der Waals surface area (Å²) in [5, 5.41) is 0.717. The molecule has 0 aromatic heterocycles. The van der Waals surface area contributed by atoms with Gasteiger partial charge < -0.3 is 10.6 Å². The predicted octanol–water partition coefficient (Wildman–Crippen LogP) is 3.03. The van der Waals surface area contributed by atoms with Crippen LogP contribution in [0.5, 0.6) is 0 Å². The molecule has 1 aliphatic rings. The fourth-order valence-corrected chi connectivity index (χ4v) is 2.67. The van der Waals surface area contributed by atoms with Crippen LogP contribution in [0.1, 0.15) is 26.7 Å². The van der Waals surface area contributed by atoms with Crippen molar-refractivity contribution in [3.63, 3.8) is 0 Å². The molecule has 1 atom stereocenters. The first-order valence-electron chi connectivity index (χ1n) is 5.93. The SMILES string of the molecule is CCCC1(C)CN=C(N)N1c1ccccc1Cl. The van der Waals surface area contributed by atoms with Crippen LogP contribution in [0.4, 0.5) is 5.69 Å². The van der Waals surface area contributed by atoms with Crippen molar-refractivity contribution >= 4 is 23.2 Å². The monoisotopic (exact) mass is 251 g/mol. The lowest BCUT2D eigenvalue weighted by Gasteiger charge is -2.36. The predicted molar refractivity (Wildman–Crippen MR) is 73.7 cm³/mol. The Morgan fingerprint density at radius 2 is 2.18 bits per heavy atom. The van der Waals surface area contributed by atoms with Crippen molar-refractivity contribution in [1.29, 1.82) is 0 Å². The zero-order chi connectivity index (χ0) is 12.5. The van der Waals surface area contributed by atoms with E-state index < -0.39 is 0 Å². The Bertz CT molecular complexity index is 444. The molecule has 0 aliphatic carbocycles. The van der Waals surface area contributed by atoms with Crippen LogP contribution in [0.3, 0.4) is 0 Å². The third kappa shape index (κ3) is 2.12. The Kier molecular flexibility index (Phi) is 3.29. The Morgan fingerprint density at radius 1 is 1.47 bits per heavy atom. The summed E-state index contributed by atoms with van der Waals surface area (Å²) in [6.07, 6.45) is 2.14. The van der Waals surface area contributed by atoms with Crippen molar-refractivity contribution in [3.05, 3.63) is 29.3 Å². The molecule has 0 bridgehead atoms. The molecule has 1 aliphatic heterocycles. The molecule has 0 fully saturated rings. The maximum atomic E-state index is 6.24. The molecule has 1 aromatic carbocycles. The van der Waals surface area contributed by atoms with Gasteiger partial charge in [-0.15, -0.1) is 0 Å².